The molecule has 0 radical (unpaired) electrons. The molecule has 1 aromatic rings. The molecular formula is C13H20N2O2. The number of anilines is 2. The molecule has 0 spiro atoms. The highest BCUT2D eigenvalue weighted by Crippen LogP contribution is 2.35. The Hall–Kier alpha value is -1.26. The van der Waals surface area contributed by atoms with Crippen LogP contribution in [0.25, 0.3) is 0 Å². The molecule has 0 saturated carbocycles. The monoisotopic (exact) mass is 236 g/mol. The number of nitrogens with two attached hydrogens (primary N) is 1. The van der Waals surface area contributed by atoms with Crippen molar-refractivity contribution in [2.24, 2.45) is 0 Å². The smallest absolute Gasteiger partial charge is 0.203 e. The van der Waals surface area contributed by atoms with Gasteiger partial charge in [-0.1, -0.05) is 0 Å². The largest absolute Gasteiger partial charge is 0.397 e. The third-order valence-corrected chi connectivity index (χ3v) is 3.59. The number of nitrogens with zero attached hydrogens (tertiary/aromatic N) is 1. The predicted octanol–water partition coefficient (Wildman–Crippen LogP) is 1.69. The van der Waals surface area contributed by atoms with E-state index in [1.54, 1.807) is 14.2 Å². The Balaban J connectivity index is 2.19. The number of aryl methyl sites for hydroxylation is 2. The standard InChI is InChI=1S/C13H20N2O2/c1-9-5-11(14)12(6-10(9)2)15-7-13(8-15,16-3)17-4/h5-6H,7-8,14H2,1-4H3. The van der Waals surface area contributed by atoms with Crippen LogP contribution in [0.5, 0.6) is 0 Å². The predicted molar refractivity (Wildman–Crippen MR) is 69.3 cm³/mol. The molecule has 94 valence electrons. The van der Waals surface area contributed by atoms with Crippen LogP contribution >= 0.6 is 0 Å². The van der Waals surface area contributed by atoms with Gasteiger partial charge in [-0.25, -0.2) is 0 Å². The van der Waals surface area contributed by atoms with E-state index in [2.05, 4.69) is 24.8 Å². The first-order valence-corrected chi connectivity index (χ1v) is 5.73. The average Bonchev–Trinajstić information content (AvgIpc) is 2.25. The van der Waals surface area contributed by atoms with E-state index in [0.29, 0.717) is 13.1 Å². The molecule has 1 fully saturated rings. The number of benzene rings is 1. The SMILES string of the molecule is COC1(OC)CN(c2cc(C)c(C)cc2N)C1. The van der Waals surface area contributed by atoms with Gasteiger partial charge in [0.2, 0.25) is 5.79 Å². The Morgan fingerprint density at radius 2 is 1.65 bits per heavy atom. The van der Waals surface area contributed by atoms with Gasteiger partial charge in [-0.3, -0.25) is 0 Å². The van der Waals surface area contributed by atoms with Crippen molar-refractivity contribution in [1.82, 2.24) is 0 Å². The summed E-state index contributed by atoms with van der Waals surface area (Å²) in [6.07, 6.45) is 0. The van der Waals surface area contributed by atoms with Crippen LogP contribution in [0.4, 0.5) is 11.4 Å². The van der Waals surface area contributed by atoms with Crippen LogP contribution in [-0.4, -0.2) is 33.1 Å². The summed E-state index contributed by atoms with van der Waals surface area (Å²) in [7, 11) is 3.34. The van der Waals surface area contributed by atoms with Gasteiger partial charge >= 0.3 is 0 Å². The van der Waals surface area contributed by atoms with Crippen molar-refractivity contribution in [2.75, 3.05) is 37.9 Å². The molecule has 4 nitrogen and oxygen atoms in total. The van der Waals surface area contributed by atoms with Gasteiger partial charge in [0.25, 0.3) is 0 Å². The van der Waals surface area contributed by atoms with Gasteiger partial charge in [-0.05, 0) is 37.1 Å². The summed E-state index contributed by atoms with van der Waals surface area (Å²) in [5.74, 6) is -0.467. The molecule has 0 amide bonds. The van der Waals surface area contributed by atoms with Crippen LogP contribution in [0.15, 0.2) is 12.1 Å². The fourth-order valence-electron chi connectivity index (χ4n) is 2.14. The molecule has 0 unspecified atom stereocenters. The van der Waals surface area contributed by atoms with Crippen molar-refractivity contribution < 1.29 is 9.47 Å². The lowest BCUT2D eigenvalue weighted by Crippen LogP contribution is -2.64. The lowest BCUT2D eigenvalue weighted by atomic mass is 10.0. The maximum absolute atomic E-state index is 6.05. The summed E-state index contributed by atoms with van der Waals surface area (Å²) >= 11 is 0. The maximum Gasteiger partial charge on any atom is 0.203 e. The third kappa shape index (κ3) is 1.98. The van der Waals surface area contributed by atoms with E-state index in [1.165, 1.54) is 11.1 Å². The minimum Gasteiger partial charge on any atom is -0.397 e. The van der Waals surface area contributed by atoms with Gasteiger partial charge in [-0.2, -0.15) is 0 Å². The van der Waals surface area contributed by atoms with Crippen LogP contribution in [0.1, 0.15) is 11.1 Å². The lowest BCUT2D eigenvalue weighted by molar-refractivity contribution is -0.219. The fourth-order valence-corrected chi connectivity index (χ4v) is 2.14. The Bertz CT molecular complexity index is 420. The minimum absolute atomic E-state index is 0.467. The number of methoxy groups -OCH3 is 2. The highest BCUT2D eigenvalue weighted by atomic mass is 16.7. The van der Waals surface area contributed by atoms with Crippen molar-refractivity contribution in [3.63, 3.8) is 0 Å². The van der Waals surface area contributed by atoms with Gasteiger partial charge in [-0.15, -0.1) is 0 Å². The minimum atomic E-state index is -0.467. The van der Waals surface area contributed by atoms with E-state index in [9.17, 15) is 0 Å². The second kappa shape index (κ2) is 4.20. The van der Waals surface area contributed by atoms with Crippen LogP contribution in [0, 0.1) is 13.8 Å². The summed E-state index contributed by atoms with van der Waals surface area (Å²) in [4.78, 5) is 2.18. The summed E-state index contributed by atoms with van der Waals surface area (Å²) in [6, 6.07) is 4.14. The summed E-state index contributed by atoms with van der Waals surface area (Å²) in [6.45, 7) is 5.59. The molecule has 2 N–H and O–H groups in total. The molecule has 1 saturated heterocycles. The van der Waals surface area contributed by atoms with Crippen LogP contribution in [-0.2, 0) is 9.47 Å². The van der Waals surface area contributed by atoms with Crippen LogP contribution < -0.4 is 10.6 Å². The van der Waals surface area contributed by atoms with E-state index in [4.69, 9.17) is 15.2 Å². The molecule has 2 rings (SSSR count). The number of hydrogen-bond donors (Lipinski definition) is 1. The molecule has 1 aliphatic rings. The van der Waals surface area contributed by atoms with Crippen molar-refractivity contribution in [1.29, 1.82) is 0 Å². The highest BCUT2D eigenvalue weighted by molar-refractivity contribution is 5.71. The molecule has 0 aliphatic carbocycles. The van der Waals surface area contributed by atoms with E-state index >= 15 is 0 Å². The third-order valence-electron chi connectivity index (χ3n) is 3.59. The van der Waals surface area contributed by atoms with Gasteiger partial charge in [0.1, 0.15) is 0 Å². The molecule has 17 heavy (non-hydrogen) atoms. The topological polar surface area (TPSA) is 47.7 Å². The van der Waals surface area contributed by atoms with Gasteiger partial charge in [0.05, 0.1) is 24.5 Å². The van der Waals surface area contributed by atoms with Crippen molar-refractivity contribution in [3.05, 3.63) is 23.3 Å². The van der Waals surface area contributed by atoms with Crippen molar-refractivity contribution >= 4 is 11.4 Å². The maximum atomic E-state index is 6.05. The number of hydrogen-bond acceptors (Lipinski definition) is 4. The quantitative estimate of drug-likeness (QED) is 0.641. The lowest BCUT2D eigenvalue weighted by Gasteiger charge is -2.49. The zero-order valence-electron chi connectivity index (χ0n) is 10.9. The van der Waals surface area contributed by atoms with Gasteiger partial charge < -0.3 is 20.1 Å². The zero-order chi connectivity index (χ0) is 12.6. The molecule has 1 aromatic carbocycles. The van der Waals surface area contributed by atoms with Crippen molar-refractivity contribution in [3.8, 4) is 0 Å². The summed E-state index contributed by atoms with van der Waals surface area (Å²) in [5, 5.41) is 0. The molecule has 1 heterocycles. The van der Waals surface area contributed by atoms with E-state index in [0.717, 1.165) is 11.4 Å². The molecule has 4 heteroatoms. The Labute approximate surface area is 102 Å². The molecule has 1 aliphatic heterocycles. The molecule has 0 atom stereocenters. The van der Waals surface area contributed by atoms with E-state index in [-0.39, 0.29) is 0 Å². The summed E-state index contributed by atoms with van der Waals surface area (Å²) in [5.41, 5.74) is 10.4. The number of rotatable bonds is 3. The molecule has 0 aromatic heterocycles. The number of ether oxygens (including phenoxy) is 2. The fraction of sp³-hybridized carbons (Fsp3) is 0.538. The van der Waals surface area contributed by atoms with Gasteiger partial charge in [0.15, 0.2) is 0 Å². The Morgan fingerprint density at radius 3 is 2.18 bits per heavy atom. The van der Waals surface area contributed by atoms with Gasteiger partial charge in [0, 0.05) is 14.2 Å². The number of nitrogen functional groups attached to an aromatic ring is 1. The first kappa shape index (κ1) is 12.2. The van der Waals surface area contributed by atoms with Crippen LogP contribution in [0.3, 0.4) is 0 Å². The van der Waals surface area contributed by atoms with Crippen LogP contribution in [0.2, 0.25) is 0 Å². The first-order valence-electron chi connectivity index (χ1n) is 5.73. The van der Waals surface area contributed by atoms with Crippen molar-refractivity contribution in [2.45, 2.75) is 19.6 Å². The average molecular weight is 236 g/mol. The first-order chi connectivity index (χ1) is 8.01. The van der Waals surface area contributed by atoms with E-state index < -0.39 is 5.79 Å². The Morgan fingerprint density at radius 1 is 1.12 bits per heavy atom. The second-order valence-corrected chi connectivity index (χ2v) is 4.67. The molecular weight excluding hydrogens is 216 g/mol. The second-order valence-electron chi connectivity index (χ2n) is 4.67. The Kier molecular flexibility index (Phi) is 3.02. The molecule has 0 bridgehead atoms. The summed E-state index contributed by atoms with van der Waals surface area (Å²) < 4.78 is 10.7. The normalized spacial score (nSPS) is 18.0. The highest BCUT2D eigenvalue weighted by Gasteiger charge is 2.44. The zero-order valence-corrected chi connectivity index (χ0v) is 10.9. The van der Waals surface area contributed by atoms with E-state index in [1.807, 2.05) is 6.07 Å².